The number of thiol groups is 1. The molecule has 2 N–H and O–H groups in total. The summed E-state index contributed by atoms with van der Waals surface area (Å²) < 4.78 is 21.0. The normalized spacial score (nSPS) is 10.6. The molecule has 0 fully saturated rings. The Morgan fingerprint density at radius 2 is 1.58 bits per heavy atom. The Kier molecular flexibility index (Phi) is 2.82. The number of benzene rings is 1. The monoisotopic (exact) mass is 225 g/mol. The van der Waals surface area contributed by atoms with Gasteiger partial charge >= 0.3 is 0 Å². The molecule has 0 saturated carbocycles. The van der Waals surface area contributed by atoms with Crippen molar-refractivity contribution in [3.63, 3.8) is 0 Å². The zero-order valence-electron chi connectivity index (χ0n) is 5.75. The van der Waals surface area contributed by atoms with Gasteiger partial charge in [0.1, 0.15) is 0 Å². The molecule has 0 radical (unpaired) electrons. The molecule has 0 aliphatic rings. The minimum Gasteiger partial charge on any atom is -0.396 e. The van der Waals surface area contributed by atoms with Crippen LogP contribution in [0.3, 0.4) is 0 Å². The van der Waals surface area contributed by atoms with Gasteiger partial charge in [-0.2, -0.15) is 0 Å². The van der Waals surface area contributed by atoms with E-state index in [4.69, 9.17) is 28.9 Å². The summed E-state index contributed by atoms with van der Waals surface area (Å²) >= 11 is 11.2. The Labute approximate surface area is 81.0 Å². The topological polar surface area (TPSA) is 60.2 Å². The number of nitrogen functional groups attached to an aromatic ring is 1. The maximum Gasteiger partial charge on any atom is 0.168 e. The molecule has 0 spiro atoms. The Bertz CT molecular complexity index is 358. The number of hydrogen-bond donors (Lipinski definition) is 2. The first kappa shape index (κ1) is 9.64. The molecular weight excluding hydrogens is 221 g/mol. The third-order valence-electron chi connectivity index (χ3n) is 1.27. The van der Waals surface area contributed by atoms with Crippen molar-refractivity contribution in [2.75, 3.05) is 5.73 Å². The smallest absolute Gasteiger partial charge is 0.168 e. The zero-order valence-corrected chi connectivity index (χ0v) is 8.16. The highest BCUT2D eigenvalue weighted by molar-refractivity contribution is 7.72. The van der Waals surface area contributed by atoms with E-state index in [9.17, 15) is 8.42 Å². The summed E-state index contributed by atoms with van der Waals surface area (Å²) in [5, 5.41) is 0.299. The molecule has 0 heterocycles. The van der Waals surface area contributed by atoms with Crippen molar-refractivity contribution < 1.29 is 8.42 Å². The van der Waals surface area contributed by atoms with Crippen LogP contribution < -0.4 is 5.73 Å². The Balaban J connectivity index is 3.40. The molecule has 12 heavy (non-hydrogen) atoms. The molecule has 0 aliphatic carbocycles. The van der Waals surface area contributed by atoms with E-state index in [1.807, 2.05) is 0 Å². The van der Waals surface area contributed by atoms with Crippen molar-refractivity contribution in [1.29, 1.82) is 0 Å². The van der Waals surface area contributed by atoms with Crippen LogP contribution in [-0.2, 0) is 10.7 Å². The molecule has 0 amide bonds. The second kappa shape index (κ2) is 3.51. The first-order valence-electron chi connectivity index (χ1n) is 2.91. The minimum atomic E-state index is -2.66. The van der Waals surface area contributed by atoms with Crippen LogP contribution in [0, 0.1) is 0 Å². The van der Waals surface area contributed by atoms with Gasteiger partial charge in [0.2, 0.25) is 0 Å². The Morgan fingerprint density at radius 3 is 1.92 bits per heavy atom. The van der Waals surface area contributed by atoms with Crippen LogP contribution >= 0.6 is 23.2 Å². The van der Waals surface area contributed by atoms with Crippen LogP contribution in [0.1, 0.15) is 0 Å². The fourth-order valence-corrected chi connectivity index (χ4v) is 1.78. The predicted molar refractivity (Wildman–Crippen MR) is 49.5 cm³/mol. The number of hydrogen-bond acceptors (Lipinski definition) is 3. The lowest BCUT2D eigenvalue weighted by atomic mass is 10.3. The molecule has 1 aromatic carbocycles. The molecule has 6 heteroatoms. The molecule has 1 rings (SSSR count). The lowest BCUT2D eigenvalue weighted by molar-refractivity contribution is 0.614. The van der Waals surface area contributed by atoms with Crippen molar-refractivity contribution in [1.82, 2.24) is 0 Å². The Hall–Kier alpha value is -0.450. The van der Waals surface area contributed by atoms with E-state index in [-0.39, 0.29) is 20.6 Å². The van der Waals surface area contributed by atoms with Gasteiger partial charge in [0, 0.05) is 0 Å². The van der Waals surface area contributed by atoms with Crippen molar-refractivity contribution in [2.24, 2.45) is 0 Å². The molecule has 0 aliphatic heterocycles. The first-order valence-corrected chi connectivity index (χ1v) is 4.84. The largest absolute Gasteiger partial charge is 0.396 e. The van der Waals surface area contributed by atoms with Gasteiger partial charge in [0.25, 0.3) is 0 Å². The van der Waals surface area contributed by atoms with E-state index in [0.29, 0.717) is 0 Å². The van der Waals surface area contributed by atoms with Crippen LogP contribution in [0.25, 0.3) is 0 Å². The summed E-state index contributed by atoms with van der Waals surface area (Å²) in [6, 6.07) is 2.52. The fraction of sp³-hybridized carbons (Fsp3) is 0. The van der Waals surface area contributed by atoms with Crippen LogP contribution in [0.15, 0.2) is 17.0 Å². The SMILES string of the molecule is Nc1c(Cl)cc([SH](=O)=O)cc1Cl. The molecule has 0 atom stereocenters. The highest BCUT2D eigenvalue weighted by atomic mass is 35.5. The molecule has 1 aromatic rings. The van der Waals surface area contributed by atoms with Crippen molar-refractivity contribution >= 4 is 39.6 Å². The number of anilines is 1. The van der Waals surface area contributed by atoms with Crippen LogP contribution in [0.4, 0.5) is 5.69 Å². The summed E-state index contributed by atoms with van der Waals surface area (Å²) in [6.45, 7) is 0. The summed E-state index contributed by atoms with van der Waals surface area (Å²) in [6.07, 6.45) is 0. The first-order chi connectivity index (χ1) is 5.52. The van der Waals surface area contributed by atoms with Gasteiger partial charge in [0.15, 0.2) is 10.7 Å². The maximum absolute atomic E-state index is 10.5. The standard InChI is InChI=1S/C6H5Cl2NO2S/c7-4-1-3(12(10)11)2-5(8)6(4)9/h1-2,12H,9H2. The van der Waals surface area contributed by atoms with Gasteiger partial charge in [0.05, 0.1) is 20.6 Å². The minimum absolute atomic E-state index is 0.0641. The van der Waals surface area contributed by atoms with E-state index in [0.717, 1.165) is 0 Å². The van der Waals surface area contributed by atoms with E-state index < -0.39 is 10.7 Å². The van der Waals surface area contributed by atoms with Crippen LogP contribution in [0.5, 0.6) is 0 Å². The summed E-state index contributed by atoms with van der Waals surface area (Å²) in [7, 11) is -2.66. The van der Waals surface area contributed by atoms with Gasteiger partial charge < -0.3 is 5.73 Å². The van der Waals surface area contributed by atoms with Crippen molar-refractivity contribution in [3.05, 3.63) is 22.2 Å². The fourth-order valence-electron chi connectivity index (χ4n) is 0.676. The van der Waals surface area contributed by atoms with Crippen LogP contribution in [0.2, 0.25) is 10.0 Å². The van der Waals surface area contributed by atoms with E-state index in [1.165, 1.54) is 12.1 Å². The average molecular weight is 226 g/mol. The average Bonchev–Trinajstić information content (AvgIpc) is 1.99. The summed E-state index contributed by atoms with van der Waals surface area (Å²) in [5.74, 6) is 0. The molecule has 0 saturated heterocycles. The van der Waals surface area contributed by atoms with Crippen molar-refractivity contribution in [3.8, 4) is 0 Å². The second-order valence-electron chi connectivity index (χ2n) is 2.08. The predicted octanol–water partition coefficient (Wildman–Crippen LogP) is 1.55. The molecule has 0 unspecified atom stereocenters. The van der Waals surface area contributed by atoms with Crippen LogP contribution in [-0.4, -0.2) is 8.42 Å². The quantitative estimate of drug-likeness (QED) is 0.564. The lowest BCUT2D eigenvalue weighted by Crippen LogP contribution is -1.90. The highest BCUT2D eigenvalue weighted by Crippen LogP contribution is 2.29. The number of nitrogens with two attached hydrogens (primary N) is 1. The van der Waals surface area contributed by atoms with Gasteiger partial charge in [-0.05, 0) is 12.1 Å². The molecule has 0 bridgehead atoms. The zero-order chi connectivity index (χ0) is 9.30. The number of rotatable bonds is 1. The van der Waals surface area contributed by atoms with Gasteiger partial charge in [-0.15, -0.1) is 0 Å². The van der Waals surface area contributed by atoms with Gasteiger partial charge in [-0.25, -0.2) is 8.42 Å². The Morgan fingerprint density at radius 1 is 1.17 bits per heavy atom. The third-order valence-corrected chi connectivity index (χ3v) is 2.58. The van der Waals surface area contributed by atoms with Gasteiger partial charge in [-0.1, -0.05) is 23.2 Å². The van der Waals surface area contributed by atoms with Crippen molar-refractivity contribution in [2.45, 2.75) is 4.90 Å². The van der Waals surface area contributed by atoms with E-state index in [2.05, 4.69) is 0 Å². The summed E-state index contributed by atoms with van der Waals surface area (Å²) in [4.78, 5) is 0.0641. The molecule has 66 valence electrons. The van der Waals surface area contributed by atoms with E-state index >= 15 is 0 Å². The number of halogens is 2. The second-order valence-corrected chi connectivity index (χ2v) is 3.93. The summed E-state index contributed by atoms with van der Waals surface area (Å²) in [5.41, 5.74) is 5.58. The third kappa shape index (κ3) is 1.83. The van der Waals surface area contributed by atoms with Gasteiger partial charge in [-0.3, -0.25) is 0 Å². The lowest BCUT2D eigenvalue weighted by Gasteiger charge is -2.00. The molecule has 0 aromatic heterocycles. The molecule has 3 nitrogen and oxygen atoms in total. The van der Waals surface area contributed by atoms with E-state index in [1.54, 1.807) is 0 Å². The highest BCUT2D eigenvalue weighted by Gasteiger charge is 2.05. The molecular formula is C6H5Cl2NO2S. The maximum atomic E-state index is 10.5.